The number of carbonyl (C=O) groups excluding carboxylic acids is 1. The summed E-state index contributed by atoms with van der Waals surface area (Å²) < 4.78 is 7.33. The molecule has 1 aliphatic rings. The summed E-state index contributed by atoms with van der Waals surface area (Å²) in [6.45, 7) is 2.02. The zero-order valence-corrected chi connectivity index (χ0v) is 12.2. The number of hydrogen-bond donors (Lipinski definition) is 1. The standard InChI is InChI=1S/C17H20N2O2/c1-21-15-5-2-4-13(12-15)17(20)16-6-3-11-19(16)14-7-9-18-10-8-14/h2-6,11-12,14,18H,7-10H2,1H3. The van der Waals surface area contributed by atoms with Gasteiger partial charge in [0.15, 0.2) is 0 Å². The van der Waals surface area contributed by atoms with Gasteiger partial charge in [-0.3, -0.25) is 4.79 Å². The average molecular weight is 284 g/mol. The van der Waals surface area contributed by atoms with Gasteiger partial charge in [0, 0.05) is 17.8 Å². The van der Waals surface area contributed by atoms with Crippen molar-refractivity contribution in [3.05, 3.63) is 53.9 Å². The molecule has 0 unspecified atom stereocenters. The van der Waals surface area contributed by atoms with Crippen LogP contribution in [-0.4, -0.2) is 30.5 Å². The van der Waals surface area contributed by atoms with E-state index in [4.69, 9.17) is 4.74 Å². The van der Waals surface area contributed by atoms with Crippen molar-refractivity contribution in [1.29, 1.82) is 0 Å². The predicted molar refractivity (Wildman–Crippen MR) is 82.0 cm³/mol. The molecule has 110 valence electrons. The number of methoxy groups -OCH3 is 1. The van der Waals surface area contributed by atoms with Crippen LogP contribution in [0.1, 0.15) is 34.9 Å². The Balaban J connectivity index is 1.89. The van der Waals surface area contributed by atoms with Crippen LogP contribution in [0.15, 0.2) is 42.6 Å². The van der Waals surface area contributed by atoms with E-state index in [0.717, 1.165) is 31.6 Å². The Labute approximate surface area is 124 Å². The van der Waals surface area contributed by atoms with Crippen LogP contribution in [0.3, 0.4) is 0 Å². The van der Waals surface area contributed by atoms with Gasteiger partial charge in [-0.2, -0.15) is 0 Å². The van der Waals surface area contributed by atoms with Crippen LogP contribution >= 0.6 is 0 Å². The zero-order valence-electron chi connectivity index (χ0n) is 12.2. The second-order valence-electron chi connectivity index (χ2n) is 5.34. The molecule has 4 heteroatoms. The van der Waals surface area contributed by atoms with Crippen LogP contribution in [0.25, 0.3) is 0 Å². The average Bonchev–Trinajstić information content (AvgIpc) is 3.04. The molecule has 2 heterocycles. The first-order valence-electron chi connectivity index (χ1n) is 7.36. The zero-order chi connectivity index (χ0) is 14.7. The highest BCUT2D eigenvalue weighted by molar-refractivity contribution is 6.08. The molecule has 1 N–H and O–H groups in total. The SMILES string of the molecule is COc1cccc(C(=O)c2cccn2C2CCNCC2)c1. The van der Waals surface area contributed by atoms with Gasteiger partial charge in [-0.15, -0.1) is 0 Å². The van der Waals surface area contributed by atoms with E-state index in [1.54, 1.807) is 13.2 Å². The summed E-state index contributed by atoms with van der Waals surface area (Å²) in [5.41, 5.74) is 1.43. The van der Waals surface area contributed by atoms with Crippen LogP contribution in [0, 0.1) is 0 Å². The molecule has 21 heavy (non-hydrogen) atoms. The lowest BCUT2D eigenvalue weighted by Crippen LogP contribution is -2.30. The maximum absolute atomic E-state index is 12.7. The van der Waals surface area contributed by atoms with Gasteiger partial charge in [-0.05, 0) is 50.2 Å². The lowest BCUT2D eigenvalue weighted by molar-refractivity contribution is 0.102. The highest BCUT2D eigenvalue weighted by atomic mass is 16.5. The molecule has 1 fully saturated rings. The first-order chi connectivity index (χ1) is 10.3. The van der Waals surface area contributed by atoms with E-state index in [9.17, 15) is 4.79 Å². The lowest BCUT2D eigenvalue weighted by Gasteiger charge is -2.25. The summed E-state index contributed by atoms with van der Waals surface area (Å²) in [7, 11) is 1.61. The molecule has 0 amide bonds. The Kier molecular flexibility index (Phi) is 4.06. The molecule has 2 aromatic rings. The van der Waals surface area contributed by atoms with E-state index < -0.39 is 0 Å². The van der Waals surface area contributed by atoms with Crippen LogP contribution < -0.4 is 10.1 Å². The Morgan fingerprint density at radius 3 is 2.81 bits per heavy atom. The van der Waals surface area contributed by atoms with Gasteiger partial charge in [0.05, 0.1) is 12.8 Å². The minimum Gasteiger partial charge on any atom is -0.497 e. The van der Waals surface area contributed by atoms with Crippen LogP contribution in [0.2, 0.25) is 0 Å². The second kappa shape index (κ2) is 6.14. The number of carbonyl (C=O) groups is 1. The Morgan fingerprint density at radius 1 is 1.24 bits per heavy atom. The van der Waals surface area contributed by atoms with Crippen molar-refractivity contribution in [3.8, 4) is 5.75 Å². The predicted octanol–water partition coefficient (Wildman–Crippen LogP) is 2.65. The van der Waals surface area contributed by atoms with E-state index in [1.165, 1.54) is 0 Å². The van der Waals surface area contributed by atoms with Crippen molar-refractivity contribution in [1.82, 2.24) is 9.88 Å². The van der Waals surface area contributed by atoms with Crippen molar-refractivity contribution >= 4 is 5.78 Å². The Hall–Kier alpha value is -2.07. The van der Waals surface area contributed by atoms with Crippen molar-refractivity contribution in [3.63, 3.8) is 0 Å². The molecule has 0 atom stereocenters. The number of rotatable bonds is 4. The largest absolute Gasteiger partial charge is 0.497 e. The summed E-state index contributed by atoms with van der Waals surface area (Å²) >= 11 is 0. The third kappa shape index (κ3) is 2.85. The molecular weight excluding hydrogens is 264 g/mol. The highest BCUT2D eigenvalue weighted by Gasteiger charge is 2.20. The molecule has 0 bridgehead atoms. The molecule has 0 saturated carbocycles. The number of aromatic nitrogens is 1. The van der Waals surface area contributed by atoms with Crippen molar-refractivity contribution < 1.29 is 9.53 Å². The normalized spacial score (nSPS) is 15.9. The summed E-state index contributed by atoms with van der Waals surface area (Å²) in [4.78, 5) is 12.7. The fraction of sp³-hybridized carbons (Fsp3) is 0.353. The van der Waals surface area contributed by atoms with E-state index in [-0.39, 0.29) is 5.78 Å². The van der Waals surface area contributed by atoms with Gasteiger partial charge >= 0.3 is 0 Å². The number of ketones is 1. The summed E-state index contributed by atoms with van der Waals surface area (Å²) in [6, 6.07) is 11.6. The maximum Gasteiger partial charge on any atom is 0.209 e. The van der Waals surface area contributed by atoms with Crippen molar-refractivity contribution in [2.24, 2.45) is 0 Å². The molecule has 3 rings (SSSR count). The number of hydrogen-bond acceptors (Lipinski definition) is 3. The third-order valence-corrected chi connectivity index (χ3v) is 4.05. The fourth-order valence-corrected chi connectivity index (χ4v) is 2.90. The van der Waals surface area contributed by atoms with Crippen LogP contribution in [-0.2, 0) is 0 Å². The monoisotopic (exact) mass is 284 g/mol. The number of nitrogens with zero attached hydrogens (tertiary/aromatic N) is 1. The smallest absolute Gasteiger partial charge is 0.209 e. The molecule has 1 aliphatic heterocycles. The first kappa shape index (κ1) is 13.9. The van der Waals surface area contributed by atoms with E-state index >= 15 is 0 Å². The molecule has 0 spiro atoms. The van der Waals surface area contributed by atoms with Gasteiger partial charge in [0.1, 0.15) is 5.75 Å². The van der Waals surface area contributed by atoms with Gasteiger partial charge in [0.25, 0.3) is 0 Å². The molecule has 0 aliphatic carbocycles. The van der Waals surface area contributed by atoms with Gasteiger partial charge < -0.3 is 14.6 Å². The van der Waals surface area contributed by atoms with Crippen molar-refractivity contribution in [2.75, 3.05) is 20.2 Å². The quantitative estimate of drug-likeness (QED) is 0.878. The number of nitrogens with one attached hydrogen (secondary N) is 1. The molecule has 1 aromatic heterocycles. The minimum absolute atomic E-state index is 0.0532. The Bertz CT molecular complexity index is 627. The topological polar surface area (TPSA) is 43.3 Å². The first-order valence-corrected chi connectivity index (χ1v) is 7.36. The molecule has 1 saturated heterocycles. The van der Waals surface area contributed by atoms with Crippen LogP contribution in [0.4, 0.5) is 0 Å². The van der Waals surface area contributed by atoms with Crippen LogP contribution in [0.5, 0.6) is 5.75 Å². The number of benzene rings is 1. The van der Waals surface area contributed by atoms with E-state index in [1.807, 2.05) is 36.5 Å². The number of ether oxygens (including phenoxy) is 1. The molecular formula is C17H20N2O2. The maximum atomic E-state index is 12.7. The van der Waals surface area contributed by atoms with Gasteiger partial charge in [-0.25, -0.2) is 0 Å². The van der Waals surface area contributed by atoms with E-state index in [0.29, 0.717) is 17.4 Å². The Morgan fingerprint density at radius 2 is 2.05 bits per heavy atom. The summed E-state index contributed by atoms with van der Waals surface area (Å²) in [6.07, 6.45) is 4.14. The van der Waals surface area contributed by atoms with E-state index in [2.05, 4.69) is 9.88 Å². The third-order valence-electron chi connectivity index (χ3n) is 4.05. The highest BCUT2D eigenvalue weighted by Crippen LogP contribution is 2.23. The fourth-order valence-electron chi connectivity index (χ4n) is 2.90. The summed E-state index contributed by atoms with van der Waals surface area (Å²) in [5.74, 6) is 0.762. The minimum atomic E-state index is 0.0532. The molecule has 4 nitrogen and oxygen atoms in total. The second-order valence-corrected chi connectivity index (χ2v) is 5.34. The number of piperidine rings is 1. The lowest BCUT2D eigenvalue weighted by atomic mass is 10.0. The van der Waals surface area contributed by atoms with Gasteiger partial charge in [-0.1, -0.05) is 12.1 Å². The summed E-state index contributed by atoms with van der Waals surface area (Å²) in [5, 5.41) is 3.36. The van der Waals surface area contributed by atoms with Crippen molar-refractivity contribution in [2.45, 2.75) is 18.9 Å². The molecule has 0 radical (unpaired) electrons. The van der Waals surface area contributed by atoms with Gasteiger partial charge in [0.2, 0.25) is 5.78 Å². The molecule has 1 aromatic carbocycles.